The van der Waals surface area contributed by atoms with Crippen LogP contribution in [0.3, 0.4) is 0 Å². The van der Waals surface area contributed by atoms with Crippen molar-refractivity contribution in [3.63, 3.8) is 0 Å². The minimum atomic E-state index is -0.362. The molecule has 0 aromatic carbocycles. The van der Waals surface area contributed by atoms with Gasteiger partial charge in [-0.2, -0.15) is 0 Å². The van der Waals surface area contributed by atoms with Crippen molar-refractivity contribution >= 4 is 11.9 Å². The molecule has 0 spiro atoms. The van der Waals surface area contributed by atoms with Crippen LogP contribution in [-0.4, -0.2) is 25.2 Å². The van der Waals surface area contributed by atoms with Crippen LogP contribution in [0.4, 0.5) is 0 Å². The molecule has 0 aliphatic heterocycles. The largest absolute Gasteiger partial charge is 0.463 e. The van der Waals surface area contributed by atoms with E-state index >= 15 is 0 Å². The smallest absolute Gasteiger partial charge is 0.330 e. The lowest BCUT2D eigenvalue weighted by molar-refractivity contribution is -0.138. The van der Waals surface area contributed by atoms with E-state index in [4.69, 9.17) is 9.47 Å². The molecule has 0 rings (SSSR count). The lowest BCUT2D eigenvalue weighted by Crippen LogP contribution is -2.02. The van der Waals surface area contributed by atoms with Crippen molar-refractivity contribution in [1.82, 2.24) is 0 Å². The van der Waals surface area contributed by atoms with E-state index in [2.05, 4.69) is 13.2 Å². The van der Waals surface area contributed by atoms with Crippen molar-refractivity contribution in [3.8, 4) is 0 Å². The maximum absolute atomic E-state index is 10.7. The van der Waals surface area contributed by atoms with Crippen molar-refractivity contribution in [2.24, 2.45) is 0 Å². The maximum Gasteiger partial charge on any atom is 0.330 e. The molecule has 0 N–H and O–H groups in total. The van der Waals surface area contributed by atoms with E-state index < -0.39 is 0 Å². The molecule has 4 nitrogen and oxygen atoms in total. The number of carbonyl (C=O) groups excluding carboxylic acids is 2. The van der Waals surface area contributed by atoms with Crippen molar-refractivity contribution in [2.75, 3.05) is 13.2 Å². The van der Waals surface area contributed by atoms with Crippen molar-refractivity contribution in [1.29, 1.82) is 0 Å². The normalized spacial score (nSPS) is 9.56. The lowest BCUT2D eigenvalue weighted by Gasteiger charge is -2.03. The van der Waals surface area contributed by atoms with Gasteiger partial charge in [0.1, 0.15) is 0 Å². The summed E-state index contributed by atoms with van der Waals surface area (Å²) < 4.78 is 9.70. The molecule has 0 bridgehead atoms. The van der Waals surface area contributed by atoms with Crippen LogP contribution in [0.5, 0.6) is 0 Å². The summed E-state index contributed by atoms with van der Waals surface area (Å²) in [7, 11) is 0. The minimum Gasteiger partial charge on any atom is -0.463 e. The molecule has 0 fully saturated rings. The van der Waals surface area contributed by atoms with E-state index in [1.54, 1.807) is 0 Å². The molecular formula is C14H22O4. The average molecular weight is 254 g/mol. The summed E-state index contributed by atoms with van der Waals surface area (Å²) in [5, 5.41) is 0. The van der Waals surface area contributed by atoms with E-state index in [-0.39, 0.29) is 11.9 Å². The zero-order valence-corrected chi connectivity index (χ0v) is 10.9. The molecule has 18 heavy (non-hydrogen) atoms. The third-order valence-corrected chi connectivity index (χ3v) is 2.36. The number of hydrogen-bond donors (Lipinski definition) is 0. The number of hydrogen-bond acceptors (Lipinski definition) is 4. The predicted octanol–water partition coefficient (Wildman–Crippen LogP) is 2.79. The van der Waals surface area contributed by atoms with Gasteiger partial charge < -0.3 is 9.47 Å². The number of carbonyl (C=O) groups is 2. The molecule has 0 unspecified atom stereocenters. The van der Waals surface area contributed by atoms with E-state index in [0.717, 1.165) is 38.5 Å². The Morgan fingerprint density at radius 2 is 1.06 bits per heavy atom. The molecule has 0 radical (unpaired) electrons. The van der Waals surface area contributed by atoms with Gasteiger partial charge >= 0.3 is 11.9 Å². The zero-order chi connectivity index (χ0) is 13.6. The van der Waals surface area contributed by atoms with Gasteiger partial charge in [-0.25, -0.2) is 9.59 Å². The summed E-state index contributed by atoms with van der Waals surface area (Å²) >= 11 is 0. The summed E-state index contributed by atoms with van der Waals surface area (Å²) in [6, 6.07) is 0. The maximum atomic E-state index is 10.7. The van der Waals surface area contributed by atoms with Crippen LogP contribution >= 0.6 is 0 Å². The number of esters is 2. The van der Waals surface area contributed by atoms with Gasteiger partial charge in [0.25, 0.3) is 0 Å². The Labute approximate surface area is 109 Å². The molecule has 0 amide bonds. The minimum absolute atomic E-state index is 0.362. The molecule has 0 aliphatic carbocycles. The molecule has 0 aromatic heterocycles. The monoisotopic (exact) mass is 254 g/mol. The highest BCUT2D eigenvalue weighted by atomic mass is 16.5. The third kappa shape index (κ3) is 10.9. The average Bonchev–Trinajstić information content (AvgIpc) is 2.40. The van der Waals surface area contributed by atoms with Crippen LogP contribution in [0.15, 0.2) is 25.3 Å². The Balaban J connectivity index is 3.12. The fraction of sp³-hybridized carbons (Fsp3) is 0.571. The van der Waals surface area contributed by atoms with E-state index in [0.29, 0.717) is 13.2 Å². The first-order valence-corrected chi connectivity index (χ1v) is 6.29. The Bertz CT molecular complexity index is 243. The van der Waals surface area contributed by atoms with Gasteiger partial charge in [-0.15, -0.1) is 0 Å². The van der Waals surface area contributed by atoms with Crippen LogP contribution in [0, 0.1) is 0 Å². The second kappa shape index (κ2) is 11.9. The lowest BCUT2D eigenvalue weighted by atomic mass is 10.1. The Hall–Kier alpha value is -1.58. The van der Waals surface area contributed by atoms with Crippen molar-refractivity contribution in [3.05, 3.63) is 25.3 Å². The first kappa shape index (κ1) is 16.4. The van der Waals surface area contributed by atoms with Crippen LogP contribution in [0.25, 0.3) is 0 Å². The molecule has 4 heteroatoms. The predicted molar refractivity (Wildman–Crippen MR) is 70.0 cm³/mol. The molecular weight excluding hydrogens is 232 g/mol. The number of unbranched alkanes of at least 4 members (excludes halogenated alkanes) is 5. The van der Waals surface area contributed by atoms with E-state index in [1.807, 2.05) is 0 Å². The van der Waals surface area contributed by atoms with Crippen molar-refractivity contribution in [2.45, 2.75) is 38.5 Å². The number of ether oxygens (including phenoxy) is 2. The van der Waals surface area contributed by atoms with Crippen molar-refractivity contribution < 1.29 is 19.1 Å². The molecule has 0 saturated heterocycles. The molecule has 0 aromatic rings. The molecule has 0 aliphatic rings. The topological polar surface area (TPSA) is 52.6 Å². The van der Waals surface area contributed by atoms with Gasteiger partial charge in [0.15, 0.2) is 0 Å². The summed E-state index contributed by atoms with van der Waals surface area (Å²) in [6.07, 6.45) is 8.38. The number of rotatable bonds is 11. The van der Waals surface area contributed by atoms with Gasteiger partial charge in [-0.05, 0) is 12.8 Å². The molecule has 0 heterocycles. The zero-order valence-electron chi connectivity index (χ0n) is 10.9. The van der Waals surface area contributed by atoms with Crippen LogP contribution in [0.2, 0.25) is 0 Å². The van der Waals surface area contributed by atoms with Gasteiger partial charge in [-0.1, -0.05) is 38.8 Å². The standard InChI is InChI=1S/C14H22O4/c1-3-13(15)17-11-9-7-5-6-8-10-12-18-14(16)4-2/h3-4H,1-2,5-12H2. The third-order valence-electron chi connectivity index (χ3n) is 2.36. The van der Waals surface area contributed by atoms with Gasteiger partial charge in [0.05, 0.1) is 13.2 Å². The Kier molecular flexibility index (Phi) is 10.8. The quantitative estimate of drug-likeness (QED) is 0.323. The van der Waals surface area contributed by atoms with Crippen LogP contribution < -0.4 is 0 Å². The highest BCUT2D eigenvalue weighted by molar-refractivity contribution is 5.81. The van der Waals surface area contributed by atoms with Gasteiger partial charge in [-0.3, -0.25) is 0 Å². The first-order chi connectivity index (χ1) is 8.70. The van der Waals surface area contributed by atoms with Gasteiger partial charge in [0.2, 0.25) is 0 Å². The SMILES string of the molecule is C=CC(=O)OCCCCCCCCOC(=O)C=C. The van der Waals surface area contributed by atoms with E-state index in [1.165, 1.54) is 12.2 Å². The molecule has 102 valence electrons. The first-order valence-electron chi connectivity index (χ1n) is 6.29. The second-order valence-corrected chi connectivity index (χ2v) is 3.86. The molecule has 0 saturated carbocycles. The summed E-state index contributed by atoms with van der Waals surface area (Å²) in [6.45, 7) is 7.56. The Morgan fingerprint density at radius 1 is 0.722 bits per heavy atom. The van der Waals surface area contributed by atoms with E-state index in [9.17, 15) is 9.59 Å². The summed E-state index contributed by atoms with van der Waals surface area (Å²) in [5.41, 5.74) is 0. The highest BCUT2D eigenvalue weighted by Crippen LogP contribution is 2.05. The second-order valence-electron chi connectivity index (χ2n) is 3.86. The fourth-order valence-electron chi connectivity index (χ4n) is 1.37. The highest BCUT2D eigenvalue weighted by Gasteiger charge is 1.97. The van der Waals surface area contributed by atoms with Crippen LogP contribution in [0.1, 0.15) is 38.5 Å². The molecule has 0 atom stereocenters. The van der Waals surface area contributed by atoms with Crippen LogP contribution in [-0.2, 0) is 19.1 Å². The Morgan fingerprint density at radius 3 is 1.39 bits per heavy atom. The summed E-state index contributed by atoms with van der Waals surface area (Å²) in [4.78, 5) is 21.4. The summed E-state index contributed by atoms with van der Waals surface area (Å²) in [5.74, 6) is -0.724. The fourth-order valence-corrected chi connectivity index (χ4v) is 1.37. The van der Waals surface area contributed by atoms with Gasteiger partial charge in [0, 0.05) is 12.2 Å².